The summed E-state index contributed by atoms with van der Waals surface area (Å²) in [5.41, 5.74) is 2.48. The number of amides is 2. The second-order valence-electron chi connectivity index (χ2n) is 8.87. The molecule has 3 aromatic carbocycles. The van der Waals surface area contributed by atoms with Crippen LogP contribution >= 0.6 is 23.2 Å². The maximum absolute atomic E-state index is 14.0. The number of sulfonamides is 1. The van der Waals surface area contributed by atoms with Crippen molar-refractivity contribution in [3.05, 3.63) is 93.5 Å². The van der Waals surface area contributed by atoms with E-state index >= 15 is 0 Å². The average Bonchev–Trinajstić information content (AvgIpc) is 2.89. The number of nitrogens with one attached hydrogen (secondary N) is 1. The van der Waals surface area contributed by atoms with Crippen LogP contribution < -0.4 is 9.62 Å². The second kappa shape index (κ2) is 12.7. The highest BCUT2D eigenvalue weighted by Gasteiger charge is 2.34. The van der Waals surface area contributed by atoms with Crippen LogP contribution in [0.5, 0.6) is 0 Å². The average molecular weight is 577 g/mol. The first-order valence-corrected chi connectivity index (χ1v) is 14.3. The van der Waals surface area contributed by atoms with E-state index < -0.39 is 28.5 Å². The van der Waals surface area contributed by atoms with Gasteiger partial charge < -0.3 is 10.2 Å². The smallest absolute Gasteiger partial charge is 0.264 e. The standard InChI is InChI=1S/C28H31Cl2N3O4S/c1-5-25(28(35)31-4)32(17-22-23(29)12-9-13-24(22)30)27(34)18-33(26-15-14-19(2)16-20(26)3)38(36,37)21-10-7-6-8-11-21/h6-16,25H,5,17-18H2,1-4H3,(H,31,35)/t25-/m0/s1. The van der Waals surface area contributed by atoms with Crippen LogP contribution in [-0.4, -0.2) is 44.8 Å². The largest absolute Gasteiger partial charge is 0.357 e. The van der Waals surface area contributed by atoms with Gasteiger partial charge in [-0.15, -0.1) is 0 Å². The van der Waals surface area contributed by atoms with Crippen molar-refractivity contribution >= 4 is 50.7 Å². The molecule has 0 unspecified atom stereocenters. The van der Waals surface area contributed by atoms with Crippen molar-refractivity contribution < 1.29 is 18.0 Å². The summed E-state index contributed by atoms with van der Waals surface area (Å²) in [6.45, 7) is 4.87. The van der Waals surface area contributed by atoms with E-state index in [2.05, 4.69) is 5.32 Å². The number of likely N-dealkylation sites (N-methyl/N-ethyl adjacent to an activating group) is 1. The van der Waals surface area contributed by atoms with Crippen LogP contribution in [0.15, 0.2) is 71.6 Å². The Labute approximate surface area is 234 Å². The van der Waals surface area contributed by atoms with Crippen LogP contribution in [0.2, 0.25) is 10.0 Å². The zero-order valence-corrected chi connectivity index (χ0v) is 24.1. The zero-order valence-electron chi connectivity index (χ0n) is 21.7. The first-order chi connectivity index (χ1) is 18.0. The third kappa shape index (κ3) is 6.49. The molecule has 0 aliphatic rings. The summed E-state index contributed by atoms with van der Waals surface area (Å²) in [5, 5.41) is 3.27. The summed E-state index contributed by atoms with van der Waals surface area (Å²) >= 11 is 12.8. The Hall–Kier alpha value is -3.07. The Balaban J connectivity index is 2.12. The van der Waals surface area contributed by atoms with E-state index in [1.54, 1.807) is 62.4 Å². The normalized spacial score (nSPS) is 12.1. The molecule has 0 heterocycles. The van der Waals surface area contributed by atoms with Crippen molar-refractivity contribution in [2.75, 3.05) is 17.9 Å². The minimum Gasteiger partial charge on any atom is -0.357 e. The zero-order chi connectivity index (χ0) is 28.0. The third-order valence-electron chi connectivity index (χ3n) is 6.25. The Kier molecular flexibility index (Phi) is 9.82. The first kappa shape index (κ1) is 29.5. The summed E-state index contributed by atoms with van der Waals surface area (Å²) < 4.78 is 28.8. The monoisotopic (exact) mass is 575 g/mol. The summed E-state index contributed by atoms with van der Waals surface area (Å²) in [6.07, 6.45) is 0.294. The van der Waals surface area contributed by atoms with Crippen molar-refractivity contribution in [3.63, 3.8) is 0 Å². The van der Waals surface area contributed by atoms with Crippen molar-refractivity contribution in [2.24, 2.45) is 0 Å². The van der Waals surface area contributed by atoms with Crippen molar-refractivity contribution in [1.29, 1.82) is 0 Å². The van der Waals surface area contributed by atoms with Crippen LogP contribution in [-0.2, 0) is 26.2 Å². The van der Waals surface area contributed by atoms with Gasteiger partial charge in [-0.05, 0) is 56.2 Å². The van der Waals surface area contributed by atoms with Crippen molar-refractivity contribution in [2.45, 2.75) is 44.7 Å². The molecule has 3 rings (SSSR count). The fourth-order valence-electron chi connectivity index (χ4n) is 4.26. The molecule has 0 saturated carbocycles. The highest BCUT2D eigenvalue weighted by atomic mass is 35.5. The van der Waals surface area contributed by atoms with Gasteiger partial charge in [0.15, 0.2) is 0 Å². The van der Waals surface area contributed by atoms with E-state index in [4.69, 9.17) is 23.2 Å². The maximum atomic E-state index is 14.0. The van der Waals surface area contributed by atoms with Crippen LogP contribution in [0.3, 0.4) is 0 Å². The molecule has 0 aromatic heterocycles. The molecule has 10 heteroatoms. The van der Waals surface area contributed by atoms with Gasteiger partial charge in [-0.3, -0.25) is 13.9 Å². The summed E-state index contributed by atoms with van der Waals surface area (Å²) in [6, 6.07) is 17.4. The summed E-state index contributed by atoms with van der Waals surface area (Å²) in [5.74, 6) is -0.955. The van der Waals surface area contributed by atoms with Gasteiger partial charge >= 0.3 is 0 Å². The number of aryl methyl sites for hydroxylation is 2. The number of hydrogen-bond acceptors (Lipinski definition) is 4. The molecule has 0 aliphatic heterocycles. The highest BCUT2D eigenvalue weighted by molar-refractivity contribution is 7.92. The molecule has 0 spiro atoms. The number of anilines is 1. The molecule has 202 valence electrons. The van der Waals surface area contributed by atoms with E-state index in [1.807, 2.05) is 13.0 Å². The number of benzene rings is 3. The molecule has 1 N–H and O–H groups in total. The van der Waals surface area contributed by atoms with Gasteiger partial charge in [0.05, 0.1) is 10.6 Å². The maximum Gasteiger partial charge on any atom is 0.264 e. The van der Waals surface area contributed by atoms with Crippen LogP contribution in [0.25, 0.3) is 0 Å². The Bertz CT molecular complexity index is 1390. The predicted octanol–water partition coefficient (Wildman–Crippen LogP) is 5.36. The van der Waals surface area contributed by atoms with Crippen molar-refractivity contribution in [1.82, 2.24) is 10.2 Å². The van der Waals surface area contributed by atoms with E-state index in [-0.39, 0.29) is 17.3 Å². The lowest BCUT2D eigenvalue weighted by molar-refractivity contribution is -0.140. The van der Waals surface area contributed by atoms with E-state index in [9.17, 15) is 18.0 Å². The van der Waals surface area contributed by atoms with Crippen LogP contribution in [0, 0.1) is 13.8 Å². The fourth-order valence-corrected chi connectivity index (χ4v) is 6.27. The number of carbonyl (C=O) groups is 2. The molecule has 3 aromatic rings. The molecule has 38 heavy (non-hydrogen) atoms. The first-order valence-electron chi connectivity index (χ1n) is 12.1. The van der Waals surface area contributed by atoms with Gasteiger partial charge in [-0.25, -0.2) is 8.42 Å². The van der Waals surface area contributed by atoms with Crippen LogP contribution in [0.1, 0.15) is 30.0 Å². The fraction of sp³-hybridized carbons (Fsp3) is 0.286. The third-order valence-corrected chi connectivity index (χ3v) is 8.74. The molecular formula is C28H31Cl2N3O4S. The van der Waals surface area contributed by atoms with Crippen LogP contribution in [0.4, 0.5) is 5.69 Å². The van der Waals surface area contributed by atoms with Gasteiger partial charge in [0.2, 0.25) is 11.8 Å². The number of rotatable bonds is 10. The van der Waals surface area contributed by atoms with E-state index in [1.165, 1.54) is 24.1 Å². The SMILES string of the molecule is CC[C@@H](C(=O)NC)N(Cc1c(Cl)cccc1Cl)C(=O)CN(c1ccc(C)cc1C)S(=O)(=O)c1ccccc1. The lowest BCUT2D eigenvalue weighted by Crippen LogP contribution is -2.52. The number of nitrogens with zero attached hydrogens (tertiary/aromatic N) is 2. The van der Waals surface area contributed by atoms with Gasteiger partial charge in [0, 0.05) is 29.2 Å². The quantitative estimate of drug-likeness (QED) is 0.352. The Morgan fingerprint density at radius 2 is 1.58 bits per heavy atom. The van der Waals surface area contributed by atoms with E-state index in [0.29, 0.717) is 33.3 Å². The molecule has 1 atom stereocenters. The Morgan fingerprint density at radius 1 is 0.947 bits per heavy atom. The number of carbonyl (C=O) groups excluding carboxylic acids is 2. The van der Waals surface area contributed by atoms with Gasteiger partial charge in [-0.2, -0.15) is 0 Å². The van der Waals surface area contributed by atoms with Gasteiger partial charge in [-0.1, -0.05) is 72.1 Å². The van der Waals surface area contributed by atoms with Gasteiger partial charge in [0.25, 0.3) is 10.0 Å². The molecule has 0 fully saturated rings. The molecule has 7 nitrogen and oxygen atoms in total. The number of halogens is 2. The molecule has 0 saturated heterocycles. The lowest BCUT2D eigenvalue weighted by atomic mass is 10.1. The summed E-state index contributed by atoms with van der Waals surface area (Å²) in [7, 11) is -2.65. The van der Waals surface area contributed by atoms with E-state index in [0.717, 1.165) is 9.87 Å². The number of hydrogen-bond donors (Lipinski definition) is 1. The predicted molar refractivity (Wildman–Crippen MR) is 152 cm³/mol. The molecule has 0 radical (unpaired) electrons. The lowest BCUT2D eigenvalue weighted by Gasteiger charge is -2.33. The molecule has 2 amide bonds. The molecule has 0 bridgehead atoms. The van der Waals surface area contributed by atoms with Gasteiger partial charge in [0.1, 0.15) is 12.6 Å². The highest BCUT2D eigenvalue weighted by Crippen LogP contribution is 2.30. The molecule has 0 aliphatic carbocycles. The molecular weight excluding hydrogens is 545 g/mol. The topological polar surface area (TPSA) is 86.8 Å². The second-order valence-corrected chi connectivity index (χ2v) is 11.6. The van der Waals surface area contributed by atoms with Crippen molar-refractivity contribution in [3.8, 4) is 0 Å². The minimum atomic E-state index is -4.13. The Morgan fingerprint density at radius 3 is 2.13 bits per heavy atom. The summed E-state index contributed by atoms with van der Waals surface area (Å²) in [4.78, 5) is 28.2. The minimum absolute atomic E-state index is 0.0480.